The minimum Gasteiger partial charge on any atom is -0.396 e. The fraction of sp³-hybridized carbons (Fsp3) is 0.400. The Bertz CT molecular complexity index is 436. The summed E-state index contributed by atoms with van der Waals surface area (Å²) in [5, 5.41) is 8.78. The second kappa shape index (κ2) is 3.75. The molecule has 0 aliphatic heterocycles. The number of hydrogen-bond donors (Lipinski definition) is 1. The number of rotatable bonds is 3. The lowest BCUT2D eigenvalue weighted by Crippen LogP contribution is -1.95. The molecule has 0 aromatic carbocycles. The molecule has 0 unspecified atom stereocenters. The van der Waals surface area contributed by atoms with Crippen molar-refractivity contribution in [2.75, 3.05) is 6.61 Å². The first-order valence-corrected chi connectivity index (χ1v) is 4.67. The van der Waals surface area contributed by atoms with Gasteiger partial charge in [-0.15, -0.1) is 0 Å². The summed E-state index contributed by atoms with van der Waals surface area (Å²) in [7, 11) is 1.97. The Hall–Kier alpha value is -1.42. The van der Waals surface area contributed by atoms with E-state index in [2.05, 4.69) is 9.97 Å². The molecule has 0 aliphatic carbocycles. The van der Waals surface area contributed by atoms with Crippen molar-refractivity contribution in [3.63, 3.8) is 0 Å². The molecule has 0 spiro atoms. The maximum Gasteiger partial charge on any atom is 0.107 e. The van der Waals surface area contributed by atoms with Crippen molar-refractivity contribution in [2.45, 2.75) is 12.8 Å². The number of imidazole rings is 1. The highest BCUT2D eigenvalue weighted by molar-refractivity contribution is 5.77. The molecule has 0 atom stereocenters. The average molecular weight is 191 g/mol. The largest absolute Gasteiger partial charge is 0.396 e. The smallest absolute Gasteiger partial charge is 0.107 e. The van der Waals surface area contributed by atoms with E-state index in [0.717, 1.165) is 29.4 Å². The molecule has 0 saturated heterocycles. The van der Waals surface area contributed by atoms with Crippen LogP contribution in [0.1, 0.15) is 12.0 Å². The third-order valence-corrected chi connectivity index (χ3v) is 2.30. The third-order valence-electron chi connectivity index (χ3n) is 2.30. The fourth-order valence-electron chi connectivity index (χ4n) is 1.65. The minimum atomic E-state index is 0.217. The van der Waals surface area contributed by atoms with E-state index in [9.17, 15) is 0 Å². The van der Waals surface area contributed by atoms with E-state index < -0.39 is 0 Å². The van der Waals surface area contributed by atoms with Gasteiger partial charge in [0.05, 0.1) is 18.0 Å². The number of aryl methyl sites for hydroxylation is 2. The second-order valence-electron chi connectivity index (χ2n) is 3.35. The van der Waals surface area contributed by atoms with E-state index in [-0.39, 0.29) is 6.61 Å². The Morgan fingerprint density at radius 1 is 1.43 bits per heavy atom. The van der Waals surface area contributed by atoms with Crippen molar-refractivity contribution in [1.82, 2.24) is 14.5 Å². The molecule has 2 aromatic rings. The van der Waals surface area contributed by atoms with Crippen molar-refractivity contribution in [3.05, 3.63) is 24.3 Å². The van der Waals surface area contributed by atoms with Gasteiger partial charge in [0.1, 0.15) is 5.52 Å². The van der Waals surface area contributed by atoms with Crippen LogP contribution in [-0.2, 0) is 13.5 Å². The van der Waals surface area contributed by atoms with Gasteiger partial charge in [-0.05, 0) is 18.4 Å². The topological polar surface area (TPSA) is 50.9 Å². The zero-order valence-electron chi connectivity index (χ0n) is 8.14. The molecular weight excluding hydrogens is 178 g/mol. The fourth-order valence-corrected chi connectivity index (χ4v) is 1.65. The number of aromatic nitrogens is 3. The third kappa shape index (κ3) is 1.48. The van der Waals surface area contributed by atoms with Gasteiger partial charge in [-0.25, -0.2) is 4.98 Å². The number of aliphatic hydroxyl groups is 1. The standard InChI is InChI=1S/C10H13N3O/c1-13-7-12-9-6-11-5-8(10(9)13)3-2-4-14/h5-7,14H,2-4H2,1H3. The molecule has 2 rings (SSSR count). The molecule has 1 N–H and O–H groups in total. The SMILES string of the molecule is Cn1cnc2cncc(CCCO)c21. The van der Waals surface area contributed by atoms with E-state index in [4.69, 9.17) is 5.11 Å². The summed E-state index contributed by atoms with van der Waals surface area (Å²) in [5.74, 6) is 0. The van der Waals surface area contributed by atoms with Crippen molar-refractivity contribution in [2.24, 2.45) is 7.05 Å². The molecule has 0 radical (unpaired) electrons. The summed E-state index contributed by atoms with van der Waals surface area (Å²) in [5.41, 5.74) is 3.19. The second-order valence-corrected chi connectivity index (χ2v) is 3.35. The molecule has 0 aliphatic rings. The van der Waals surface area contributed by atoms with Gasteiger partial charge in [-0.3, -0.25) is 4.98 Å². The first kappa shape index (κ1) is 9.15. The van der Waals surface area contributed by atoms with Crippen LogP contribution < -0.4 is 0 Å². The van der Waals surface area contributed by atoms with E-state index >= 15 is 0 Å². The van der Waals surface area contributed by atoms with E-state index in [1.165, 1.54) is 0 Å². The number of aliphatic hydroxyl groups excluding tert-OH is 1. The Balaban J connectivity index is 2.46. The summed E-state index contributed by atoms with van der Waals surface area (Å²) in [4.78, 5) is 8.35. The van der Waals surface area contributed by atoms with Crippen LogP contribution in [0.2, 0.25) is 0 Å². The molecule has 4 heteroatoms. The van der Waals surface area contributed by atoms with E-state index in [0.29, 0.717) is 0 Å². The molecule has 14 heavy (non-hydrogen) atoms. The van der Waals surface area contributed by atoms with Crippen LogP contribution in [0.4, 0.5) is 0 Å². The van der Waals surface area contributed by atoms with Gasteiger partial charge in [0, 0.05) is 19.9 Å². The zero-order chi connectivity index (χ0) is 9.97. The Morgan fingerprint density at radius 3 is 3.07 bits per heavy atom. The summed E-state index contributed by atoms with van der Waals surface area (Å²) in [6.45, 7) is 0.217. The first-order valence-electron chi connectivity index (χ1n) is 4.67. The highest BCUT2D eigenvalue weighted by atomic mass is 16.2. The molecule has 4 nitrogen and oxygen atoms in total. The van der Waals surface area contributed by atoms with Gasteiger partial charge in [0.15, 0.2) is 0 Å². The molecule has 0 amide bonds. The molecule has 0 saturated carbocycles. The van der Waals surface area contributed by atoms with E-state index in [1.54, 1.807) is 12.5 Å². The molecule has 0 fully saturated rings. The van der Waals surface area contributed by atoms with Crippen LogP contribution >= 0.6 is 0 Å². The van der Waals surface area contributed by atoms with Crippen molar-refractivity contribution in [3.8, 4) is 0 Å². The van der Waals surface area contributed by atoms with E-state index in [1.807, 2.05) is 17.8 Å². The van der Waals surface area contributed by atoms with Crippen molar-refractivity contribution < 1.29 is 5.11 Å². The minimum absolute atomic E-state index is 0.217. The van der Waals surface area contributed by atoms with Crippen LogP contribution in [0.3, 0.4) is 0 Å². The summed E-state index contributed by atoms with van der Waals surface area (Å²) in [6.07, 6.45) is 7.01. The van der Waals surface area contributed by atoms with Gasteiger partial charge in [-0.2, -0.15) is 0 Å². The predicted octanol–water partition coefficient (Wildman–Crippen LogP) is 0.893. The van der Waals surface area contributed by atoms with Gasteiger partial charge >= 0.3 is 0 Å². The monoisotopic (exact) mass is 191 g/mol. The number of hydrogen-bond acceptors (Lipinski definition) is 3. The molecule has 0 bridgehead atoms. The Morgan fingerprint density at radius 2 is 2.29 bits per heavy atom. The van der Waals surface area contributed by atoms with Crippen LogP contribution in [0.5, 0.6) is 0 Å². The summed E-state index contributed by atoms with van der Waals surface area (Å²) < 4.78 is 1.99. The number of fused-ring (bicyclic) bond motifs is 1. The lowest BCUT2D eigenvalue weighted by molar-refractivity contribution is 0.288. The molecule has 74 valence electrons. The van der Waals surface area contributed by atoms with Crippen molar-refractivity contribution in [1.29, 1.82) is 0 Å². The number of nitrogens with zero attached hydrogens (tertiary/aromatic N) is 3. The first-order chi connectivity index (χ1) is 6.83. The van der Waals surface area contributed by atoms with Gasteiger partial charge < -0.3 is 9.67 Å². The zero-order valence-corrected chi connectivity index (χ0v) is 8.14. The summed E-state index contributed by atoms with van der Waals surface area (Å²) in [6, 6.07) is 0. The molecular formula is C10H13N3O. The molecule has 2 aromatic heterocycles. The maximum absolute atomic E-state index is 8.78. The summed E-state index contributed by atoms with van der Waals surface area (Å²) >= 11 is 0. The Kier molecular flexibility index (Phi) is 2.45. The van der Waals surface area contributed by atoms with Crippen LogP contribution in [0.15, 0.2) is 18.7 Å². The quantitative estimate of drug-likeness (QED) is 0.784. The van der Waals surface area contributed by atoms with Gasteiger partial charge in [0.25, 0.3) is 0 Å². The Labute approximate surface area is 82.2 Å². The predicted molar refractivity (Wildman–Crippen MR) is 53.9 cm³/mol. The average Bonchev–Trinajstić information content (AvgIpc) is 2.58. The lowest BCUT2D eigenvalue weighted by atomic mass is 10.1. The highest BCUT2D eigenvalue weighted by Crippen LogP contribution is 2.16. The highest BCUT2D eigenvalue weighted by Gasteiger charge is 2.05. The van der Waals surface area contributed by atoms with Crippen LogP contribution in [-0.4, -0.2) is 26.2 Å². The van der Waals surface area contributed by atoms with Gasteiger partial charge in [-0.1, -0.05) is 0 Å². The van der Waals surface area contributed by atoms with Crippen LogP contribution in [0, 0.1) is 0 Å². The lowest BCUT2D eigenvalue weighted by Gasteiger charge is -2.02. The molecule has 2 heterocycles. The maximum atomic E-state index is 8.78. The normalized spacial score (nSPS) is 11.0. The van der Waals surface area contributed by atoms with Crippen molar-refractivity contribution >= 4 is 11.0 Å². The van der Waals surface area contributed by atoms with Gasteiger partial charge in [0.2, 0.25) is 0 Å². The van der Waals surface area contributed by atoms with Crippen LogP contribution in [0.25, 0.3) is 11.0 Å². The number of pyridine rings is 1.